The predicted octanol–water partition coefficient (Wildman–Crippen LogP) is 4.04. The largest absolute Gasteiger partial charge is 0.397 e. The Morgan fingerprint density at radius 1 is 1.19 bits per heavy atom. The van der Waals surface area contributed by atoms with Crippen LogP contribution in [0.4, 0.5) is 10.1 Å². The molecule has 2 heterocycles. The molecule has 3 aromatic rings. The van der Waals surface area contributed by atoms with Crippen molar-refractivity contribution in [2.75, 3.05) is 5.73 Å². The van der Waals surface area contributed by atoms with Gasteiger partial charge in [0.2, 0.25) is 5.82 Å². The fourth-order valence-corrected chi connectivity index (χ4v) is 2.93. The van der Waals surface area contributed by atoms with E-state index in [0.717, 1.165) is 10.7 Å². The lowest BCUT2D eigenvalue weighted by atomic mass is 10.2. The van der Waals surface area contributed by atoms with Gasteiger partial charge in [-0.05, 0) is 40.2 Å². The summed E-state index contributed by atoms with van der Waals surface area (Å²) in [5.41, 5.74) is 7.49. The van der Waals surface area contributed by atoms with Crippen molar-refractivity contribution >= 4 is 37.5 Å². The van der Waals surface area contributed by atoms with Gasteiger partial charge in [0, 0.05) is 8.95 Å². The Bertz CT molecular complexity index is 804. The van der Waals surface area contributed by atoms with Crippen molar-refractivity contribution < 1.29 is 8.91 Å². The molecule has 0 bridgehead atoms. The molecule has 0 aliphatic heterocycles. The Morgan fingerprint density at radius 2 is 2.00 bits per heavy atom. The van der Waals surface area contributed by atoms with Gasteiger partial charge in [-0.2, -0.15) is 4.98 Å². The van der Waals surface area contributed by atoms with Gasteiger partial charge in [0.25, 0.3) is 5.89 Å². The van der Waals surface area contributed by atoms with Crippen LogP contribution in [0.5, 0.6) is 0 Å². The van der Waals surface area contributed by atoms with Gasteiger partial charge in [0.1, 0.15) is 11.5 Å². The number of nitrogens with zero attached hydrogens (tertiary/aromatic N) is 3. The molecule has 0 aliphatic carbocycles. The molecule has 0 saturated heterocycles. The summed E-state index contributed by atoms with van der Waals surface area (Å²) in [5.74, 6) is 0.0961. The number of hydrogen-bond acceptors (Lipinski definition) is 5. The molecule has 0 radical (unpaired) electrons. The van der Waals surface area contributed by atoms with E-state index >= 15 is 0 Å². The van der Waals surface area contributed by atoms with Crippen LogP contribution in [0.15, 0.2) is 43.9 Å². The van der Waals surface area contributed by atoms with Crippen LogP contribution in [0.3, 0.4) is 0 Å². The van der Waals surface area contributed by atoms with E-state index in [1.807, 2.05) is 6.07 Å². The lowest BCUT2D eigenvalue weighted by molar-refractivity contribution is 0.432. The van der Waals surface area contributed by atoms with Crippen LogP contribution in [0, 0.1) is 5.82 Å². The quantitative estimate of drug-likeness (QED) is 0.641. The lowest BCUT2D eigenvalue weighted by Gasteiger charge is -2.04. The first-order chi connectivity index (χ1) is 10.0. The Morgan fingerprint density at radius 3 is 2.71 bits per heavy atom. The molecule has 0 atom stereocenters. The normalized spacial score (nSPS) is 10.8. The summed E-state index contributed by atoms with van der Waals surface area (Å²) in [5, 5.41) is 3.84. The van der Waals surface area contributed by atoms with Gasteiger partial charge in [-0.15, -0.1) is 0 Å². The maximum Gasteiger partial charge on any atom is 0.260 e. The fraction of sp³-hybridized carbons (Fsp3) is 0. The summed E-state index contributed by atoms with van der Waals surface area (Å²) >= 11 is 6.73. The Hall–Kier alpha value is -1.80. The van der Waals surface area contributed by atoms with E-state index in [-0.39, 0.29) is 11.7 Å². The zero-order valence-electron chi connectivity index (χ0n) is 10.3. The van der Waals surface area contributed by atoms with E-state index in [1.54, 1.807) is 6.07 Å². The highest BCUT2D eigenvalue weighted by Crippen LogP contribution is 2.34. The van der Waals surface area contributed by atoms with Gasteiger partial charge in [0.15, 0.2) is 0 Å². The third-order valence-corrected chi connectivity index (χ3v) is 3.82. The van der Waals surface area contributed by atoms with Crippen molar-refractivity contribution in [2.45, 2.75) is 0 Å². The molecule has 21 heavy (non-hydrogen) atoms. The van der Waals surface area contributed by atoms with Crippen molar-refractivity contribution in [3.8, 4) is 23.0 Å². The molecule has 0 saturated carbocycles. The van der Waals surface area contributed by atoms with E-state index in [1.165, 1.54) is 12.1 Å². The smallest absolute Gasteiger partial charge is 0.260 e. The zero-order chi connectivity index (χ0) is 15.0. The number of rotatable bonds is 2. The van der Waals surface area contributed by atoms with Crippen LogP contribution in [0.2, 0.25) is 0 Å². The number of nitrogens with two attached hydrogens (primary N) is 1. The van der Waals surface area contributed by atoms with E-state index in [9.17, 15) is 4.39 Å². The molecule has 5 nitrogen and oxygen atoms in total. The maximum absolute atomic E-state index is 12.9. The van der Waals surface area contributed by atoms with Crippen LogP contribution in [0.25, 0.3) is 23.0 Å². The molecule has 0 amide bonds. The SMILES string of the molecule is Nc1c(Br)cc(Br)cc1-c1nc(-c2ccc(F)cn2)no1. The summed E-state index contributed by atoms with van der Waals surface area (Å²) in [6.07, 6.45) is 1.09. The molecule has 106 valence electrons. The standard InChI is InChI=1S/C13H7Br2FN4O/c14-6-3-8(11(17)9(15)4-6)13-19-12(20-21-13)10-2-1-7(16)5-18-10/h1-5H,17H2. The Kier molecular flexibility index (Phi) is 3.73. The highest BCUT2D eigenvalue weighted by Gasteiger charge is 2.16. The van der Waals surface area contributed by atoms with E-state index in [2.05, 4.69) is 47.0 Å². The second kappa shape index (κ2) is 5.53. The van der Waals surface area contributed by atoms with Crippen molar-refractivity contribution in [1.29, 1.82) is 0 Å². The molecule has 1 aromatic carbocycles. The molecule has 0 fully saturated rings. The molecular formula is C13H7Br2FN4O. The molecule has 2 N–H and O–H groups in total. The number of nitrogen functional groups attached to an aromatic ring is 1. The van der Waals surface area contributed by atoms with Crippen LogP contribution < -0.4 is 5.73 Å². The molecular weight excluding hydrogens is 407 g/mol. The molecule has 0 spiro atoms. The van der Waals surface area contributed by atoms with Crippen molar-refractivity contribution in [3.63, 3.8) is 0 Å². The number of anilines is 1. The lowest BCUT2D eigenvalue weighted by Crippen LogP contribution is -1.92. The predicted molar refractivity (Wildman–Crippen MR) is 82.7 cm³/mol. The first-order valence-electron chi connectivity index (χ1n) is 5.75. The van der Waals surface area contributed by atoms with Gasteiger partial charge >= 0.3 is 0 Å². The highest BCUT2D eigenvalue weighted by molar-refractivity contribution is 9.11. The van der Waals surface area contributed by atoms with Gasteiger partial charge in [0.05, 0.1) is 17.4 Å². The third kappa shape index (κ3) is 2.81. The minimum Gasteiger partial charge on any atom is -0.397 e. The minimum atomic E-state index is -0.428. The van der Waals surface area contributed by atoms with Gasteiger partial charge in [-0.3, -0.25) is 0 Å². The van der Waals surface area contributed by atoms with Crippen molar-refractivity contribution in [2.24, 2.45) is 0 Å². The first kappa shape index (κ1) is 14.2. The maximum atomic E-state index is 12.9. The van der Waals surface area contributed by atoms with Crippen molar-refractivity contribution in [1.82, 2.24) is 15.1 Å². The molecule has 0 aliphatic rings. The summed E-state index contributed by atoms with van der Waals surface area (Å²) in [7, 11) is 0. The van der Waals surface area contributed by atoms with Gasteiger partial charge in [-0.25, -0.2) is 9.37 Å². The number of benzene rings is 1. The van der Waals surface area contributed by atoms with E-state index in [4.69, 9.17) is 10.3 Å². The summed E-state index contributed by atoms with van der Waals surface area (Å²) < 4.78 is 19.6. The van der Waals surface area contributed by atoms with Crippen molar-refractivity contribution in [3.05, 3.63) is 45.2 Å². The molecule has 8 heteroatoms. The van der Waals surface area contributed by atoms with Crippen LogP contribution in [0.1, 0.15) is 0 Å². The second-order valence-electron chi connectivity index (χ2n) is 4.13. The molecule has 3 rings (SSSR count). The zero-order valence-corrected chi connectivity index (χ0v) is 13.5. The van der Waals surface area contributed by atoms with Gasteiger partial charge < -0.3 is 10.3 Å². The Labute approximate surface area is 135 Å². The highest BCUT2D eigenvalue weighted by atomic mass is 79.9. The monoisotopic (exact) mass is 412 g/mol. The van der Waals surface area contributed by atoms with E-state index in [0.29, 0.717) is 21.4 Å². The average molecular weight is 414 g/mol. The fourth-order valence-electron chi connectivity index (χ4n) is 1.71. The summed E-state index contributed by atoms with van der Waals surface area (Å²) in [6.45, 7) is 0. The summed E-state index contributed by atoms with van der Waals surface area (Å²) in [4.78, 5) is 8.14. The van der Waals surface area contributed by atoms with Crippen LogP contribution in [-0.2, 0) is 0 Å². The number of aromatic nitrogens is 3. The van der Waals surface area contributed by atoms with Gasteiger partial charge in [-0.1, -0.05) is 21.1 Å². The molecule has 2 aromatic heterocycles. The second-order valence-corrected chi connectivity index (χ2v) is 5.90. The Balaban J connectivity index is 2.04. The summed E-state index contributed by atoms with van der Waals surface area (Å²) in [6, 6.07) is 6.35. The van der Waals surface area contributed by atoms with E-state index < -0.39 is 5.82 Å². The molecule has 0 unspecified atom stereocenters. The van der Waals surface area contributed by atoms with Crippen LogP contribution >= 0.6 is 31.9 Å². The average Bonchev–Trinajstić information content (AvgIpc) is 2.93. The van der Waals surface area contributed by atoms with Crippen LogP contribution in [-0.4, -0.2) is 15.1 Å². The topological polar surface area (TPSA) is 77.8 Å². The number of halogens is 3. The number of pyridine rings is 1. The first-order valence-corrected chi connectivity index (χ1v) is 7.34. The minimum absolute atomic E-state index is 0.260. The number of hydrogen-bond donors (Lipinski definition) is 1. The third-order valence-electron chi connectivity index (χ3n) is 2.71.